The summed E-state index contributed by atoms with van der Waals surface area (Å²) >= 11 is 0. The Balaban J connectivity index is 1.95. The van der Waals surface area contributed by atoms with Gasteiger partial charge in [-0.15, -0.1) is 0 Å². The van der Waals surface area contributed by atoms with Gasteiger partial charge in [0.1, 0.15) is 0 Å². The van der Waals surface area contributed by atoms with Gasteiger partial charge in [0.05, 0.1) is 0 Å². The molecule has 0 bridgehead atoms. The topological polar surface area (TPSA) is 49.3 Å². The van der Waals surface area contributed by atoms with Crippen molar-refractivity contribution in [2.75, 3.05) is 0 Å². The summed E-state index contributed by atoms with van der Waals surface area (Å²) < 4.78 is 0. The molecule has 3 atom stereocenters. The molecule has 2 N–H and O–H groups in total. The fourth-order valence-corrected chi connectivity index (χ4v) is 1.57. The van der Waals surface area contributed by atoms with Crippen molar-refractivity contribution in [3.63, 3.8) is 0 Å². The molecular formula is C12H15NO2. The molecule has 0 aromatic heterocycles. The Hall–Kier alpha value is -1.35. The Morgan fingerprint density at radius 1 is 1.47 bits per heavy atom. The van der Waals surface area contributed by atoms with Gasteiger partial charge in [-0.1, -0.05) is 37.3 Å². The van der Waals surface area contributed by atoms with Gasteiger partial charge in [0, 0.05) is 6.04 Å². The third-order valence-corrected chi connectivity index (χ3v) is 2.80. The van der Waals surface area contributed by atoms with Crippen molar-refractivity contribution in [1.29, 1.82) is 0 Å². The molecule has 3 heteroatoms. The summed E-state index contributed by atoms with van der Waals surface area (Å²) in [6.45, 7) is 2.08. The van der Waals surface area contributed by atoms with E-state index >= 15 is 0 Å². The number of aliphatic hydroxyl groups is 1. The zero-order chi connectivity index (χ0) is 10.8. The van der Waals surface area contributed by atoms with E-state index < -0.39 is 6.10 Å². The van der Waals surface area contributed by atoms with Crippen LogP contribution in [-0.4, -0.2) is 17.1 Å². The standard InChI is InChI=1S/C12H15NO2/c1-8-7-10(8)13-12(15)11(14)9-5-3-2-4-6-9/h2-6,8,10-11,14H,7H2,1H3,(H,13,15). The SMILES string of the molecule is CC1CC1NC(=O)C(O)c1ccccc1. The van der Waals surface area contributed by atoms with E-state index in [2.05, 4.69) is 12.2 Å². The number of rotatable bonds is 3. The first-order valence-corrected chi connectivity index (χ1v) is 5.22. The first-order valence-electron chi connectivity index (χ1n) is 5.22. The largest absolute Gasteiger partial charge is 0.378 e. The maximum Gasteiger partial charge on any atom is 0.253 e. The molecule has 1 aliphatic carbocycles. The van der Waals surface area contributed by atoms with E-state index in [9.17, 15) is 9.90 Å². The number of aliphatic hydroxyl groups excluding tert-OH is 1. The van der Waals surface area contributed by atoms with Crippen molar-refractivity contribution in [2.45, 2.75) is 25.5 Å². The summed E-state index contributed by atoms with van der Waals surface area (Å²) in [5, 5.41) is 12.6. The Morgan fingerprint density at radius 2 is 2.07 bits per heavy atom. The Morgan fingerprint density at radius 3 is 2.60 bits per heavy atom. The van der Waals surface area contributed by atoms with Crippen LogP contribution >= 0.6 is 0 Å². The van der Waals surface area contributed by atoms with Gasteiger partial charge < -0.3 is 10.4 Å². The van der Waals surface area contributed by atoms with Crippen LogP contribution < -0.4 is 5.32 Å². The van der Waals surface area contributed by atoms with Crippen LogP contribution in [0, 0.1) is 5.92 Å². The van der Waals surface area contributed by atoms with Crippen molar-refractivity contribution in [3.8, 4) is 0 Å². The molecule has 1 saturated carbocycles. The van der Waals surface area contributed by atoms with Crippen LogP contribution in [0.25, 0.3) is 0 Å². The van der Waals surface area contributed by atoms with Crippen LogP contribution in [0.5, 0.6) is 0 Å². The molecule has 1 aromatic rings. The van der Waals surface area contributed by atoms with E-state index in [1.165, 1.54) is 0 Å². The monoisotopic (exact) mass is 205 g/mol. The maximum absolute atomic E-state index is 11.6. The highest BCUT2D eigenvalue weighted by atomic mass is 16.3. The van der Waals surface area contributed by atoms with E-state index in [1.807, 2.05) is 18.2 Å². The molecule has 2 rings (SSSR count). The summed E-state index contributed by atoms with van der Waals surface area (Å²) in [5.41, 5.74) is 0.642. The molecule has 80 valence electrons. The van der Waals surface area contributed by atoms with Gasteiger partial charge in [0.25, 0.3) is 5.91 Å². The summed E-state index contributed by atoms with van der Waals surface area (Å²) in [6.07, 6.45) is -0.0215. The van der Waals surface area contributed by atoms with Crippen LogP contribution in [0.1, 0.15) is 25.0 Å². The number of hydrogen-bond donors (Lipinski definition) is 2. The van der Waals surface area contributed by atoms with Gasteiger partial charge in [-0.05, 0) is 17.9 Å². The van der Waals surface area contributed by atoms with Crippen molar-refractivity contribution in [2.24, 2.45) is 5.92 Å². The molecule has 3 unspecified atom stereocenters. The van der Waals surface area contributed by atoms with Gasteiger partial charge in [0.2, 0.25) is 0 Å². The predicted molar refractivity (Wildman–Crippen MR) is 57.1 cm³/mol. The van der Waals surface area contributed by atoms with Crippen molar-refractivity contribution in [1.82, 2.24) is 5.32 Å². The van der Waals surface area contributed by atoms with E-state index in [4.69, 9.17) is 0 Å². The summed E-state index contributed by atoms with van der Waals surface area (Å²) in [6, 6.07) is 9.24. The third-order valence-electron chi connectivity index (χ3n) is 2.80. The van der Waals surface area contributed by atoms with Gasteiger partial charge in [-0.25, -0.2) is 0 Å². The lowest BCUT2D eigenvalue weighted by Crippen LogP contribution is -2.31. The highest BCUT2D eigenvalue weighted by Crippen LogP contribution is 2.29. The second kappa shape index (κ2) is 4.03. The molecule has 15 heavy (non-hydrogen) atoms. The molecule has 1 amide bonds. The van der Waals surface area contributed by atoms with Crippen molar-refractivity contribution < 1.29 is 9.90 Å². The average Bonchev–Trinajstić information content (AvgIpc) is 2.94. The summed E-state index contributed by atoms with van der Waals surface area (Å²) in [4.78, 5) is 11.6. The summed E-state index contributed by atoms with van der Waals surface area (Å²) in [5.74, 6) is 0.257. The second-order valence-corrected chi connectivity index (χ2v) is 4.14. The number of benzene rings is 1. The Kier molecular flexibility index (Phi) is 2.73. The highest BCUT2D eigenvalue weighted by molar-refractivity contribution is 5.82. The third kappa shape index (κ3) is 2.36. The van der Waals surface area contributed by atoms with Crippen LogP contribution in [0.2, 0.25) is 0 Å². The molecular weight excluding hydrogens is 190 g/mol. The molecule has 0 saturated heterocycles. The van der Waals surface area contributed by atoms with Crippen LogP contribution in [0.15, 0.2) is 30.3 Å². The minimum Gasteiger partial charge on any atom is -0.378 e. The zero-order valence-electron chi connectivity index (χ0n) is 8.68. The second-order valence-electron chi connectivity index (χ2n) is 4.14. The Labute approximate surface area is 89.1 Å². The zero-order valence-corrected chi connectivity index (χ0v) is 8.68. The molecule has 0 spiro atoms. The lowest BCUT2D eigenvalue weighted by molar-refractivity contribution is -0.129. The highest BCUT2D eigenvalue weighted by Gasteiger charge is 2.35. The Bertz CT molecular complexity index is 350. The minimum atomic E-state index is -1.04. The van der Waals surface area contributed by atoms with Crippen LogP contribution in [-0.2, 0) is 4.79 Å². The fraction of sp³-hybridized carbons (Fsp3) is 0.417. The van der Waals surface area contributed by atoms with Gasteiger partial charge >= 0.3 is 0 Å². The number of hydrogen-bond acceptors (Lipinski definition) is 2. The molecule has 0 radical (unpaired) electrons. The average molecular weight is 205 g/mol. The quantitative estimate of drug-likeness (QED) is 0.780. The van der Waals surface area contributed by atoms with Crippen molar-refractivity contribution >= 4 is 5.91 Å². The van der Waals surface area contributed by atoms with E-state index in [0.717, 1.165) is 6.42 Å². The fourth-order valence-electron chi connectivity index (χ4n) is 1.57. The molecule has 1 aromatic carbocycles. The van der Waals surface area contributed by atoms with Crippen LogP contribution in [0.4, 0.5) is 0 Å². The summed E-state index contributed by atoms with van der Waals surface area (Å²) in [7, 11) is 0. The smallest absolute Gasteiger partial charge is 0.253 e. The lowest BCUT2D eigenvalue weighted by Gasteiger charge is -2.10. The van der Waals surface area contributed by atoms with E-state index in [0.29, 0.717) is 11.5 Å². The van der Waals surface area contributed by atoms with Gasteiger partial charge in [-0.2, -0.15) is 0 Å². The maximum atomic E-state index is 11.6. The molecule has 3 nitrogen and oxygen atoms in total. The number of carbonyl (C=O) groups is 1. The first kappa shape index (κ1) is 10.2. The molecule has 1 aliphatic rings. The normalized spacial score (nSPS) is 25.7. The van der Waals surface area contributed by atoms with Crippen LogP contribution in [0.3, 0.4) is 0 Å². The van der Waals surface area contributed by atoms with Gasteiger partial charge in [0.15, 0.2) is 6.10 Å². The number of amides is 1. The number of carbonyl (C=O) groups excluding carboxylic acids is 1. The van der Waals surface area contributed by atoms with E-state index in [1.54, 1.807) is 12.1 Å². The minimum absolute atomic E-state index is 0.260. The molecule has 0 heterocycles. The molecule has 0 aliphatic heterocycles. The first-order chi connectivity index (χ1) is 7.18. The van der Waals surface area contributed by atoms with Crippen molar-refractivity contribution in [3.05, 3.63) is 35.9 Å². The van der Waals surface area contributed by atoms with Gasteiger partial charge in [-0.3, -0.25) is 4.79 Å². The number of nitrogens with one attached hydrogen (secondary N) is 1. The van der Waals surface area contributed by atoms with E-state index in [-0.39, 0.29) is 11.9 Å². The predicted octanol–water partition coefficient (Wildman–Crippen LogP) is 1.24. The molecule has 1 fully saturated rings. The lowest BCUT2D eigenvalue weighted by atomic mass is 10.1.